The molecule has 2 saturated heterocycles. The van der Waals surface area contributed by atoms with Crippen molar-refractivity contribution in [3.8, 4) is 5.75 Å². The molecule has 2 aliphatic heterocycles. The fraction of sp³-hybridized carbons (Fsp3) is 0.567. The van der Waals surface area contributed by atoms with Gasteiger partial charge in [-0.15, -0.1) is 0 Å². The third-order valence-electron chi connectivity index (χ3n) is 7.45. The predicted octanol–water partition coefficient (Wildman–Crippen LogP) is 3.23. The van der Waals surface area contributed by atoms with E-state index in [-0.39, 0.29) is 49.1 Å². The molecule has 0 aliphatic carbocycles. The van der Waals surface area contributed by atoms with E-state index < -0.39 is 34.4 Å². The smallest absolute Gasteiger partial charge is 0.407 e. The number of nitrogens with zero attached hydrogens (tertiary/aromatic N) is 1. The van der Waals surface area contributed by atoms with Crippen molar-refractivity contribution in [2.75, 3.05) is 45.3 Å². The van der Waals surface area contributed by atoms with E-state index in [4.69, 9.17) is 18.9 Å². The van der Waals surface area contributed by atoms with Crippen molar-refractivity contribution in [2.45, 2.75) is 63.0 Å². The molecule has 3 N–H and O–H groups in total. The molecule has 0 radical (unpaired) electrons. The number of hydrogen-bond donors (Lipinski definition) is 3. The first-order valence-corrected chi connectivity index (χ1v) is 15.9. The van der Waals surface area contributed by atoms with Crippen LogP contribution in [-0.2, 0) is 30.7 Å². The summed E-state index contributed by atoms with van der Waals surface area (Å²) in [7, 11) is -2.54. The van der Waals surface area contributed by atoms with E-state index in [9.17, 15) is 18.3 Å². The number of aliphatic hydroxyl groups is 1. The van der Waals surface area contributed by atoms with Crippen LogP contribution in [0.5, 0.6) is 5.75 Å². The number of benzene rings is 2. The lowest BCUT2D eigenvalue weighted by molar-refractivity contribution is -0.0907. The van der Waals surface area contributed by atoms with E-state index in [1.54, 1.807) is 6.07 Å². The summed E-state index contributed by atoms with van der Waals surface area (Å²) in [4.78, 5) is 13.1. The Hall–Kier alpha value is -2.90. The second kappa shape index (κ2) is 14.5. The van der Waals surface area contributed by atoms with Gasteiger partial charge in [0.1, 0.15) is 11.9 Å². The molecule has 4 rings (SSSR count). The highest BCUT2D eigenvalue weighted by molar-refractivity contribution is 7.89. The maximum absolute atomic E-state index is 13.9. The van der Waals surface area contributed by atoms with Crippen LogP contribution in [-0.4, -0.2) is 88.4 Å². The monoisotopic (exact) mass is 605 g/mol. The molecule has 232 valence electrons. The summed E-state index contributed by atoms with van der Waals surface area (Å²) in [5, 5.41) is 17.4. The predicted molar refractivity (Wildman–Crippen MR) is 158 cm³/mol. The number of carbonyl (C=O) groups is 1. The van der Waals surface area contributed by atoms with Gasteiger partial charge in [-0.25, -0.2) is 13.2 Å². The number of ether oxygens (including phenoxy) is 4. The Morgan fingerprint density at radius 2 is 1.90 bits per heavy atom. The molecule has 12 heteroatoms. The van der Waals surface area contributed by atoms with Gasteiger partial charge in [-0.2, -0.15) is 4.31 Å². The number of anilines is 1. The van der Waals surface area contributed by atoms with Crippen molar-refractivity contribution < 1.29 is 37.3 Å². The molecular weight excluding hydrogens is 562 g/mol. The molecule has 11 nitrogen and oxygen atoms in total. The van der Waals surface area contributed by atoms with Gasteiger partial charge in [-0.3, -0.25) is 0 Å². The molecule has 42 heavy (non-hydrogen) atoms. The Bertz CT molecular complexity index is 1280. The van der Waals surface area contributed by atoms with Gasteiger partial charge in [-0.05, 0) is 43.4 Å². The van der Waals surface area contributed by atoms with Gasteiger partial charge in [0, 0.05) is 25.7 Å². The lowest BCUT2D eigenvalue weighted by Crippen LogP contribution is -2.51. The van der Waals surface area contributed by atoms with Crippen LogP contribution in [0.15, 0.2) is 53.4 Å². The first-order chi connectivity index (χ1) is 20.1. The Labute approximate surface area is 248 Å². The van der Waals surface area contributed by atoms with Crippen molar-refractivity contribution in [3.05, 3.63) is 54.1 Å². The Balaban J connectivity index is 1.54. The number of rotatable bonds is 14. The second-order valence-corrected chi connectivity index (χ2v) is 13.0. The first kappa shape index (κ1) is 32.0. The van der Waals surface area contributed by atoms with Crippen LogP contribution in [0.2, 0.25) is 0 Å². The molecule has 2 aromatic carbocycles. The zero-order valence-electron chi connectivity index (χ0n) is 24.7. The largest absolute Gasteiger partial charge is 0.495 e. The minimum Gasteiger partial charge on any atom is -0.495 e. The molecule has 0 bridgehead atoms. The van der Waals surface area contributed by atoms with Crippen LogP contribution in [0.25, 0.3) is 0 Å². The summed E-state index contributed by atoms with van der Waals surface area (Å²) in [6, 6.07) is 13.2. The lowest BCUT2D eigenvalue weighted by atomic mass is 10.0. The van der Waals surface area contributed by atoms with Gasteiger partial charge >= 0.3 is 6.09 Å². The fourth-order valence-corrected chi connectivity index (χ4v) is 6.99. The topological polar surface area (TPSA) is 136 Å². The quantitative estimate of drug-likeness (QED) is 0.297. The molecule has 1 amide bonds. The number of nitrogens with one attached hydrogen (secondary N) is 2. The zero-order valence-corrected chi connectivity index (χ0v) is 25.5. The number of fused-ring (bicyclic) bond motifs is 1. The normalized spacial score (nSPS) is 21.6. The zero-order chi connectivity index (χ0) is 30.3. The summed E-state index contributed by atoms with van der Waals surface area (Å²) in [5.41, 5.74) is 1.56. The van der Waals surface area contributed by atoms with Crippen molar-refractivity contribution in [1.82, 2.24) is 9.62 Å². The highest BCUT2D eigenvalue weighted by Crippen LogP contribution is 2.33. The maximum atomic E-state index is 13.9. The van der Waals surface area contributed by atoms with Crippen molar-refractivity contribution in [3.63, 3.8) is 0 Å². The van der Waals surface area contributed by atoms with Crippen LogP contribution < -0.4 is 15.4 Å². The second-order valence-electron chi connectivity index (χ2n) is 11.1. The lowest BCUT2D eigenvalue weighted by Gasteiger charge is -2.31. The maximum Gasteiger partial charge on any atom is 0.407 e. The molecule has 2 aliphatic rings. The van der Waals surface area contributed by atoms with Crippen molar-refractivity contribution in [2.24, 2.45) is 11.8 Å². The van der Waals surface area contributed by atoms with Gasteiger partial charge in [-0.1, -0.05) is 44.2 Å². The van der Waals surface area contributed by atoms with Gasteiger partial charge in [0.05, 0.1) is 49.0 Å². The summed E-state index contributed by atoms with van der Waals surface area (Å²) < 4.78 is 51.2. The van der Waals surface area contributed by atoms with Gasteiger partial charge in [0.2, 0.25) is 10.0 Å². The number of sulfonamides is 1. The number of alkyl carbamates (subject to hydrolysis) is 1. The Morgan fingerprint density at radius 3 is 2.60 bits per heavy atom. The summed E-state index contributed by atoms with van der Waals surface area (Å²) in [6.07, 6.45) is -1.75. The van der Waals surface area contributed by atoms with Gasteiger partial charge in [0.15, 0.2) is 6.29 Å². The van der Waals surface area contributed by atoms with Gasteiger partial charge in [0.25, 0.3) is 0 Å². The molecule has 0 spiro atoms. The highest BCUT2D eigenvalue weighted by atomic mass is 32.2. The summed E-state index contributed by atoms with van der Waals surface area (Å²) in [6.45, 7) is 7.13. The molecule has 2 heterocycles. The van der Waals surface area contributed by atoms with Crippen LogP contribution in [0.3, 0.4) is 0 Å². The number of carbonyl (C=O) groups excluding carboxylic acids is 1. The number of amides is 1. The number of methoxy groups -OCH3 is 1. The Morgan fingerprint density at radius 1 is 1.14 bits per heavy atom. The average Bonchev–Trinajstić information content (AvgIpc) is 3.58. The number of hydrogen-bond acceptors (Lipinski definition) is 9. The highest BCUT2D eigenvalue weighted by Gasteiger charge is 2.44. The van der Waals surface area contributed by atoms with E-state index in [0.29, 0.717) is 24.6 Å². The van der Waals surface area contributed by atoms with Crippen LogP contribution in [0, 0.1) is 11.8 Å². The molecule has 0 aromatic heterocycles. The van der Waals surface area contributed by atoms with E-state index in [0.717, 1.165) is 12.0 Å². The van der Waals surface area contributed by atoms with Crippen molar-refractivity contribution in [1.29, 1.82) is 0 Å². The van der Waals surface area contributed by atoms with E-state index in [2.05, 4.69) is 10.6 Å². The van der Waals surface area contributed by atoms with Crippen molar-refractivity contribution >= 4 is 21.8 Å². The molecule has 5 atom stereocenters. The van der Waals surface area contributed by atoms with E-state index in [1.165, 1.54) is 23.5 Å². The molecular formula is C30H43N3O8S. The average molecular weight is 606 g/mol. The molecule has 0 unspecified atom stereocenters. The first-order valence-electron chi connectivity index (χ1n) is 14.5. The van der Waals surface area contributed by atoms with Crippen LogP contribution >= 0.6 is 0 Å². The standard InChI is InChI=1S/C30H43N3O8S/c1-5-31-24-12-11-22(16-27(24)38-4)42(36,37)33(17-20(2)3)18-26(34)25(15-21-9-7-6-8-10-21)32-30(35)41-28-19-40-29-23(28)13-14-39-29/h6-12,16,20,23,25-26,28-29,31,34H,5,13-15,17-19H2,1-4H3,(H,32,35)/t23-,25-,26+,28-,29+/m0/s1. The fourth-order valence-electron chi connectivity index (χ4n) is 5.35. The number of aliphatic hydroxyl groups excluding tert-OH is 1. The van der Waals surface area contributed by atoms with Gasteiger partial charge < -0.3 is 34.7 Å². The third kappa shape index (κ3) is 7.93. The van der Waals surface area contributed by atoms with E-state index in [1.807, 2.05) is 51.1 Å². The SMILES string of the molecule is CCNc1ccc(S(=O)(=O)N(CC(C)C)C[C@@H](O)[C@H](Cc2ccccc2)NC(=O)O[C@H]2CO[C@H]3OCC[C@H]32)cc1OC. The molecule has 0 saturated carbocycles. The van der Waals surface area contributed by atoms with E-state index >= 15 is 0 Å². The minimum atomic E-state index is -4.03. The Kier molecular flexibility index (Phi) is 11.1. The summed E-state index contributed by atoms with van der Waals surface area (Å²) in [5.74, 6) is 0.348. The third-order valence-corrected chi connectivity index (χ3v) is 9.27. The minimum absolute atomic E-state index is 0.0238. The molecule has 2 aromatic rings. The van der Waals surface area contributed by atoms with Crippen LogP contribution in [0.4, 0.5) is 10.5 Å². The summed E-state index contributed by atoms with van der Waals surface area (Å²) >= 11 is 0. The molecule has 2 fully saturated rings. The van der Waals surface area contributed by atoms with Crippen LogP contribution in [0.1, 0.15) is 32.8 Å².